The van der Waals surface area contributed by atoms with E-state index in [1.165, 1.54) is 13.0 Å². The minimum absolute atomic E-state index is 0.215. The Balaban J connectivity index is 2.43. The van der Waals surface area contributed by atoms with E-state index in [9.17, 15) is 19.7 Å². The number of carbonyl (C=O) groups is 2. The molecule has 1 N–H and O–H groups in total. The molecule has 1 aromatic rings. The molecular weight excluding hydrogens is 340 g/mol. The number of benzene rings is 1. The fourth-order valence-corrected chi connectivity index (χ4v) is 2.07. The van der Waals surface area contributed by atoms with Crippen LogP contribution in [0.5, 0.6) is 5.75 Å². The standard InChI is InChI=1S/C18H24N2O6/c1-3-4-5-6-7-11-17(21)19-14(2)18(22)26-16-10-8-9-15(12-16)13-25-20(23)24/h4-5,8-10,12,14H,3,6-7,11,13H2,1-2H3,(H,19,21)/b5-4-. The van der Waals surface area contributed by atoms with Crippen molar-refractivity contribution in [2.24, 2.45) is 0 Å². The number of rotatable bonds is 11. The second kappa shape index (κ2) is 11.6. The van der Waals surface area contributed by atoms with Gasteiger partial charge in [-0.2, -0.15) is 0 Å². The number of allylic oxidation sites excluding steroid dienone is 2. The Morgan fingerprint density at radius 1 is 1.35 bits per heavy atom. The average molecular weight is 364 g/mol. The van der Waals surface area contributed by atoms with Gasteiger partial charge in [-0.3, -0.25) is 4.79 Å². The largest absolute Gasteiger partial charge is 0.425 e. The summed E-state index contributed by atoms with van der Waals surface area (Å²) in [4.78, 5) is 38.4. The van der Waals surface area contributed by atoms with Crippen LogP contribution >= 0.6 is 0 Å². The maximum Gasteiger partial charge on any atom is 0.333 e. The van der Waals surface area contributed by atoms with E-state index in [0.29, 0.717) is 18.4 Å². The Morgan fingerprint density at radius 3 is 2.81 bits per heavy atom. The lowest BCUT2D eigenvalue weighted by atomic mass is 10.2. The minimum Gasteiger partial charge on any atom is -0.425 e. The first-order valence-electron chi connectivity index (χ1n) is 8.44. The van der Waals surface area contributed by atoms with Crippen molar-refractivity contribution in [2.75, 3.05) is 0 Å². The molecule has 0 radical (unpaired) electrons. The van der Waals surface area contributed by atoms with E-state index in [4.69, 9.17) is 4.74 Å². The first-order valence-corrected chi connectivity index (χ1v) is 8.44. The topological polar surface area (TPSA) is 108 Å². The highest BCUT2D eigenvalue weighted by atomic mass is 16.9. The highest BCUT2D eigenvalue weighted by Crippen LogP contribution is 2.15. The van der Waals surface area contributed by atoms with Crippen LogP contribution in [0.3, 0.4) is 0 Å². The molecule has 0 aliphatic rings. The van der Waals surface area contributed by atoms with Crippen molar-refractivity contribution in [1.82, 2.24) is 5.32 Å². The lowest BCUT2D eigenvalue weighted by molar-refractivity contribution is -0.763. The van der Waals surface area contributed by atoms with Gasteiger partial charge in [0.1, 0.15) is 18.4 Å². The van der Waals surface area contributed by atoms with Crippen LogP contribution in [-0.4, -0.2) is 23.0 Å². The van der Waals surface area contributed by atoms with Crippen molar-refractivity contribution in [1.29, 1.82) is 0 Å². The summed E-state index contributed by atoms with van der Waals surface area (Å²) in [6, 6.07) is 5.42. The quantitative estimate of drug-likeness (QED) is 0.161. The molecule has 0 saturated heterocycles. The molecule has 0 spiro atoms. The maximum absolute atomic E-state index is 12.1. The first kappa shape index (κ1) is 21.1. The Morgan fingerprint density at radius 2 is 2.12 bits per heavy atom. The Hall–Kier alpha value is -2.90. The molecule has 1 rings (SSSR count). The molecule has 142 valence electrons. The zero-order chi connectivity index (χ0) is 19.4. The summed E-state index contributed by atoms with van der Waals surface area (Å²) in [7, 11) is 0. The average Bonchev–Trinajstić information content (AvgIpc) is 2.60. The van der Waals surface area contributed by atoms with Crippen LogP contribution in [0.15, 0.2) is 36.4 Å². The predicted molar refractivity (Wildman–Crippen MR) is 94.7 cm³/mol. The number of hydrogen-bond acceptors (Lipinski definition) is 6. The van der Waals surface area contributed by atoms with Crippen LogP contribution in [0.1, 0.15) is 45.1 Å². The van der Waals surface area contributed by atoms with E-state index in [0.717, 1.165) is 12.8 Å². The zero-order valence-electron chi connectivity index (χ0n) is 15.0. The van der Waals surface area contributed by atoms with Crippen molar-refractivity contribution in [3.05, 3.63) is 52.1 Å². The SMILES string of the molecule is CC/C=C\CCCC(=O)NC(C)C(=O)Oc1cccc(CO[N+](=O)[O-])c1. The van der Waals surface area contributed by atoms with Gasteiger partial charge in [-0.05, 0) is 43.9 Å². The number of nitrogens with zero attached hydrogens (tertiary/aromatic N) is 1. The summed E-state index contributed by atoms with van der Waals surface area (Å²) >= 11 is 0. The highest BCUT2D eigenvalue weighted by Gasteiger charge is 2.17. The fourth-order valence-electron chi connectivity index (χ4n) is 2.07. The molecule has 26 heavy (non-hydrogen) atoms. The molecule has 8 nitrogen and oxygen atoms in total. The predicted octanol–water partition coefficient (Wildman–Crippen LogP) is 2.94. The number of nitrogens with one attached hydrogen (secondary N) is 1. The molecule has 1 atom stereocenters. The van der Waals surface area contributed by atoms with Gasteiger partial charge in [-0.25, -0.2) is 4.79 Å². The smallest absolute Gasteiger partial charge is 0.333 e. The van der Waals surface area contributed by atoms with Crippen LogP contribution in [0.25, 0.3) is 0 Å². The third kappa shape index (κ3) is 8.81. The summed E-state index contributed by atoms with van der Waals surface area (Å²) in [5, 5.41) is 11.9. The van der Waals surface area contributed by atoms with Crippen LogP contribution in [-0.2, 0) is 21.0 Å². The van der Waals surface area contributed by atoms with Gasteiger partial charge < -0.3 is 14.9 Å². The van der Waals surface area contributed by atoms with Crippen molar-refractivity contribution >= 4 is 11.9 Å². The van der Waals surface area contributed by atoms with E-state index >= 15 is 0 Å². The summed E-state index contributed by atoms with van der Waals surface area (Å²) in [5.41, 5.74) is 0.490. The van der Waals surface area contributed by atoms with Gasteiger partial charge in [0, 0.05) is 6.42 Å². The molecule has 8 heteroatoms. The number of hydrogen-bond donors (Lipinski definition) is 1. The summed E-state index contributed by atoms with van der Waals surface area (Å²) in [6.45, 7) is 3.34. The molecular formula is C18H24N2O6. The number of carbonyl (C=O) groups excluding carboxylic acids is 2. The first-order chi connectivity index (χ1) is 12.4. The van der Waals surface area contributed by atoms with Crippen LogP contribution in [0.4, 0.5) is 0 Å². The van der Waals surface area contributed by atoms with E-state index in [1.807, 2.05) is 19.1 Å². The van der Waals surface area contributed by atoms with Gasteiger partial charge in [-0.15, -0.1) is 10.1 Å². The van der Waals surface area contributed by atoms with Gasteiger partial charge in [0.15, 0.2) is 0 Å². The third-order valence-electron chi connectivity index (χ3n) is 3.36. The molecule has 0 aliphatic heterocycles. The van der Waals surface area contributed by atoms with Crippen LogP contribution in [0.2, 0.25) is 0 Å². The third-order valence-corrected chi connectivity index (χ3v) is 3.36. The fraction of sp³-hybridized carbons (Fsp3) is 0.444. The van der Waals surface area contributed by atoms with E-state index in [-0.39, 0.29) is 18.3 Å². The lowest BCUT2D eigenvalue weighted by Crippen LogP contribution is -2.40. The second-order valence-corrected chi connectivity index (χ2v) is 5.63. The molecule has 1 aromatic carbocycles. The number of unbranched alkanes of at least 4 members (excludes halogenated alkanes) is 1. The monoisotopic (exact) mass is 364 g/mol. The van der Waals surface area contributed by atoms with Crippen molar-refractivity contribution < 1.29 is 24.3 Å². The zero-order valence-corrected chi connectivity index (χ0v) is 15.0. The summed E-state index contributed by atoms with van der Waals surface area (Å²) in [6.07, 6.45) is 6.90. The molecule has 1 amide bonds. The molecule has 0 aromatic heterocycles. The molecule has 0 heterocycles. The van der Waals surface area contributed by atoms with Crippen molar-refractivity contribution in [2.45, 2.75) is 52.2 Å². The molecule has 1 unspecified atom stereocenters. The lowest BCUT2D eigenvalue weighted by Gasteiger charge is -2.13. The Labute approximate surface area is 152 Å². The molecule has 0 aliphatic carbocycles. The van der Waals surface area contributed by atoms with E-state index in [1.54, 1.807) is 18.2 Å². The Bertz CT molecular complexity index is 644. The number of ether oxygens (including phenoxy) is 1. The van der Waals surface area contributed by atoms with Gasteiger partial charge in [0.2, 0.25) is 5.91 Å². The van der Waals surface area contributed by atoms with Crippen LogP contribution in [0, 0.1) is 10.1 Å². The molecule has 0 fully saturated rings. The van der Waals surface area contributed by atoms with Crippen molar-refractivity contribution in [3.8, 4) is 5.75 Å². The highest BCUT2D eigenvalue weighted by molar-refractivity contribution is 5.85. The van der Waals surface area contributed by atoms with E-state index < -0.39 is 17.1 Å². The number of esters is 1. The van der Waals surface area contributed by atoms with Crippen molar-refractivity contribution in [3.63, 3.8) is 0 Å². The summed E-state index contributed by atoms with van der Waals surface area (Å²) < 4.78 is 5.19. The molecule has 0 saturated carbocycles. The van der Waals surface area contributed by atoms with Gasteiger partial charge in [0.25, 0.3) is 5.09 Å². The minimum atomic E-state index is -0.895. The van der Waals surface area contributed by atoms with Crippen LogP contribution < -0.4 is 10.1 Å². The Kier molecular flexibility index (Phi) is 9.45. The van der Waals surface area contributed by atoms with Gasteiger partial charge in [0.05, 0.1) is 0 Å². The maximum atomic E-state index is 12.1. The normalized spacial score (nSPS) is 11.8. The van der Waals surface area contributed by atoms with E-state index in [2.05, 4.69) is 10.2 Å². The second-order valence-electron chi connectivity index (χ2n) is 5.63. The molecule has 0 bridgehead atoms. The number of amides is 1. The van der Waals surface area contributed by atoms with Gasteiger partial charge in [-0.1, -0.05) is 31.2 Å². The summed E-state index contributed by atoms with van der Waals surface area (Å²) in [5.74, 6) is -0.602. The van der Waals surface area contributed by atoms with Gasteiger partial charge >= 0.3 is 5.97 Å².